The first-order valence-corrected chi connectivity index (χ1v) is 11.3. The third-order valence-corrected chi connectivity index (χ3v) is 6.39. The van der Waals surface area contributed by atoms with Crippen molar-refractivity contribution in [2.75, 3.05) is 18.4 Å². The lowest BCUT2D eigenvalue weighted by Gasteiger charge is -2.17. The van der Waals surface area contributed by atoms with E-state index in [1.165, 1.54) is 11.6 Å². The smallest absolute Gasteiger partial charge is 0.361 e. The van der Waals surface area contributed by atoms with Crippen molar-refractivity contribution in [2.24, 2.45) is 0 Å². The Labute approximate surface area is 207 Å². The van der Waals surface area contributed by atoms with Gasteiger partial charge in [-0.25, -0.2) is 0 Å². The first kappa shape index (κ1) is 24.9. The summed E-state index contributed by atoms with van der Waals surface area (Å²) in [5.74, 6) is 1.03. The van der Waals surface area contributed by atoms with E-state index < -0.39 is 17.8 Å². The van der Waals surface area contributed by atoms with Gasteiger partial charge in [0.2, 0.25) is 0 Å². The minimum absolute atomic E-state index is 0. The Hall–Kier alpha value is -3.23. The third-order valence-electron chi connectivity index (χ3n) is 6.39. The van der Waals surface area contributed by atoms with Crippen molar-refractivity contribution in [1.29, 1.82) is 0 Å². The zero-order valence-corrected chi connectivity index (χ0v) is 19.8. The van der Waals surface area contributed by atoms with Crippen molar-refractivity contribution in [3.8, 4) is 11.1 Å². The summed E-state index contributed by atoms with van der Waals surface area (Å²) >= 11 is 0. The van der Waals surface area contributed by atoms with Crippen molar-refractivity contribution >= 4 is 29.1 Å². The molecule has 2 heterocycles. The van der Waals surface area contributed by atoms with Crippen LogP contribution in [0.1, 0.15) is 42.0 Å². The van der Waals surface area contributed by atoms with Gasteiger partial charge in [0.05, 0.1) is 17.1 Å². The van der Waals surface area contributed by atoms with Crippen LogP contribution < -0.4 is 10.6 Å². The number of nitrogens with zero attached hydrogens (tertiary/aromatic N) is 3. The average molecular weight is 500 g/mol. The normalized spacial score (nSPS) is 16.6. The lowest BCUT2D eigenvalue weighted by molar-refractivity contribution is -0.137. The highest BCUT2D eigenvalue weighted by molar-refractivity contribution is 5.92. The van der Waals surface area contributed by atoms with E-state index in [1.807, 2.05) is 18.2 Å². The van der Waals surface area contributed by atoms with Crippen LogP contribution in [0.2, 0.25) is 0 Å². The number of halogens is 4. The summed E-state index contributed by atoms with van der Waals surface area (Å²) in [5, 5.41) is 19.5. The minimum atomic E-state index is -4.39. The third kappa shape index (κ3) is 5.39. The Morgan fingerprint density at radius 3 is 2.46 bits per heavy atom. The number of benzene rings is 3. The summed E-state index contributed by atoms with van der Waals surface area (Å²) in [5.41, 5.74) is 3.90. The van der Waals surface area contributed by atoms with Gasteiger partial charge in [0, 0.05) is 11.9 Å². The topological polar surface area (TPSA) is 62.7 Å². The maximum atomic E-state index is 13.1. The molecule has 0 spiro atoms. The fourth-order valence-corrected chi connectivity index (χ4v) is 4.43. The molecule has 1 aromatic heterocycles. The lowest BCUT2D eigenvalue weighted by Crippen LogP contribution is -2.11. The monoisotopic (exact) mass is 499 g/mol. The fourth-order valence-electron chi connectivity index (χ4n) is 4.43. The van der Waals surface area contributed by atoms with Crippen LogP contribution >= 0.6 is 12.4 Å². The second-order valence-electron chi connectivity index (χ2n) is 8.67. The fraction of sp³-hybridized carbons (Fsp3) is 0.269. The molecular weight excluding hydrogens is 475 g/mol. The van der Waals surface area contributed by atoms with E-state index in [0.29, 0.717) is 22.8 Å². The molecule has 0 saturated carbocycles. The van der Waals surface area contributed by atoms with Gasteiger partial charge in [-0.2, -0.15) is 13.2 Å². The molecule has 5 nitrogen and oxygen atoms in total. The molecule has 0 radical (unpaired) electrons. The molecular formula is C26H25ClF3N5. The van der Waals surface area contributed by atoms with Gasteiger partial charge in [-0.05, 0) is 77.5 Å². The van der Waals surface area contributed by atoms with Gasteiger partial charge in [-0.1, -0.05) is 42.5 Å². The van der Waals surface area contributed by atoms with Crippen LogP contribution in [0, 0.1) is 0 Å². The number of rotatable bonds is 5. The Kier molecular flexibility index (Phi) is 7.23. The highest BCUT2D eigenvalue weighted by Gasteiger charge is 2.30. The van der Waals surface area contributed by atoms with Crippen LogP contribution in [-0.2, 0) is 6.18 Å². The maximum Gasteiger partial charge on any atom is 0.416 e. The molecule has 35 heavy (non-hydrogen) atoms. The van der Waals surface area contributed by atoms with Crippen LogP contribution in [0.15, 0.2) is 66.7 Å². The van der Waals surface area contributed by atoms with E-state index in [-0.39, 0.29) is 12.4 Å². The standard InChI is InChI=1S/C26H24F3N5.ClH/c1-16(19-3-2-4-22(13-19)26(27,28)29)31-25-23-14-20(9-10-24(23)32-34-33-25)17-5-7-18(8-6-17)21-11-12-30-15-21;/h2-10,13-14,16,21,30H,11-12,15H2,1H3,(H,31,32,33);1H/t16-,21?;/m1./s1. The van der Waals surface area contributed by atoms with Gasteiger partial charge >= 0.3 is 6.18 Å². The highest BCUT2D eigenvalue weighted by atomic mass is 35.5. The predicted molar refractivity (Wildman–Crippen MR) is 134 cm³/mol. The van der Waals surface area contributed by atoms with Gasteiger partial charge in [0.15, 0.2) is 5.82 Å². The molecule has 1 unspecified atom stereocenters. The Morgan fingerprint density at radius 1 is 0.971 bits per heavy atom. The van der Waals surface area contributed by atoms with Gasteiger partial charge in [0.25, 0.3) is 0 Å². The molecule has 0 aliphatic carbocycles. The quantitative estimate of drug-likeness (QED) is 0.333. The molecule has 5 rings (SSSR count). The minimum Gasteiger partial charge on any atom is -0.361 e. The second kappa shape index (κ2) is 10.2. The van der Waals surface area contributed by atoms with Crippen LogP contribution in [0.3, 0.4) is 0 Å². The highest BCUT2D eigenvalue weighted by Crippen LogP contribution is 2.33. The second-order valence-corrected chi connectivity index (χ2v) is 8.67. The Morgan fingerprint density at radius 2 is 1.74 bits per heavy atom. The number of fused-ring (bicyclic) bond motifs is 1. The summed E-state index contributed by atoms with van der Waals surface area (Å²) in [6, 6.07) is 19.3. The molecule has 1 aliphatic heterocycles. The van der Waals surface area contributed by atoms with Crippen molar-refractivity contribution in [3.05, 3.63) is 83.4 Å². The molecule has 2 N–H and O–H groups in total. The lowest BCUT2D eigenvalue weighted by atomic mass is 9.95. The average Bonchev–Trinajstić information content (AvgIpc) is 3.39. The van der Waals surface area contributed by atoms with E-state index in [4.69, 9.17) is 0 Å². The largest absolute Gasteiger partial charge is 0.416 e. The number of hydrogen-bond acceptors (Lipinski definition) is 5. The van der Waals surface area contributed by atoms with Gasteiger partial charge in [-0.3, -0.25) is 0 Å². The summed E-state index contributed by atoms with van der Waals surface area (Å²) in [4.78, 5) is 0. The van der Waals surface area contributed by atoms with E-state index in [9.17, 15) is 13.2 Å². The Bertz CT molecular complexity index is 1300. The summed E-state index contributed by atoms with van der Waals surface area (Å²) in [7, 11) is 0. The molecule has 1 aliphatic rings. The van der Waals surface area contributed by atoms with Crippen LogP contribution in [0.5, 0.6) is 0 Å². The first-order valence-electron chi connectivity index (χ1n) is 11.3. The van der Waals surface area contributed by atoms with Crippen LogP contribution in [0.4, 0.5) is 19.0 Å². The number of anilines is 1. The van der Waals surface area contributed by atoms with E-state index in [2.05, 4.69) is 50.3 Å². The molecule has 182 valence electrons. The van der Waals surface area contributed by atoms with Crippen molar-refractivity contribution in [1.82, 2.24) is 20.7 Å². The molecule has 9 heteroatoms. The van der Waals surface area contributed by atoms with Crippen molar-refractivity contribution < 1.29 is 13.2 Å². The summed E-state index contributed by atoms with van der Waals surface area (Å²) in [6.45, 7) is 3.86. The number of alkyl halides is 3. The molecule has 0 amide bonds. The molecule has 2 atom stereocenters. The number of nitrogens with one attached hydrogen (secondary N) is 2. The zero-order chi connectivity index (χ0) is 23.7. The molecule has 1 saturated heterocycles. The molecule has 4 aromatic rings. The number of hydrogen-bond donors (Lipinski definition) is 2. The van der Waals surface area contributed by atoms with Gasteiger partial charge in [-0.15, -0.1) is 22.6 Å². The SMILES string of the molecule is C[C@@H](Nc1nnnc2ccc(-c3ccc(C4CCNC4)cc3)cc12)c1cccc(C(F)(F)F)c1.Cl. The van der Waals surface area contributed by atoms with E-state index >= 15 is 0 Å². The summed E-state index contributed by atoms with van der Waals surface area (Å²) in [6.07, 6.45) is -3.24. The maximum absolute atomic E-state index is 13.1. The first-order chi connectivity index (χ1) is 16.4. The van der Waals surface area contributed by atoms with Crippen molar-refractivity contribution in [2.45, 2.75) is 31.5 Å². The van der Waals surface area contributed by atoms with Crippen molar-refractivity contribution in [3.63, 3.8) is 0 Å². The van der Waals surface area contributed by atoms with Gasteiger partial charge < -0.3 is 10.6 Å². The van der Waals surface area contributed by atoms with Gasteiger partial charge in [0.1, 0.15) is 0 Å². The van der Waals surface area contributed by atoms with E-state index in [1.54, 1.807) is 13.0 Å². The number of aromatic nitrogens is 3. The molecule has 0 bridgehead atoms. The summed E-state index contributed by atoms with van der Waals surface area (Å²) < 4.78 is 39.4. The molecule has 3 aromatic carbocycles. The van der Waals surface area contributed by atoms with Crippen LogP contribution in [-0.4, -0.2) is 28.5 Å². The zero-order valence-electron chi connectivity index (χ0n) is 19.0. The predicted octanol–water partition coefficient (Wildman–Crippen LogP) is 6.38. The van der Waals surface area contributed by atoms with E-state index in [0.717, 1.165) is 48.2 Å². The van der Waals surface area contributed by atoms with Crippen LogP contribution in [0.25, 0.3) is 22.0 Å². The Balaban J connectivity index is 0.00000289. The molecule has 1 fully saturated rings.